The maximum absolute atomic E-state index is 6.25. The quantitative estimate of drug-likeness (QED) is 0.802. The predicted octanol–water partition coefficient (Wildman–Crippen LogP) is 0.842. The monoisotopic (exact) mass is 211 g/mol. The van der Waals surface area contributed by atoms with Gasteiger partial charge in [-0.05, 0) is 13.3 Å². The molecule has 2 heterocycles. The fourth-order valence-corrected chi connectivity index (χ4v) is 1.81. The molecule has 0 bridgehead atoms. The molecule has 2 atom stereocenters. The average Bonchev–Trinajstić information content (AvgIpc) is 2.89. The Morgan fingerprint density at radius 1 is 1.60 bits per heavy atom. The Labute approximate surface area is 89.0 Å². The van der Waals surface area contributed by atoms with Crippen LogP contribution >= 0.6 is 0 Å². The summed E-state index contributed by atoms with van der Waals surface area (Å²) in [7, 11) is 0. The Morgan fingerprint density at radius 2 is 2.40 bits per heavy atom. The van der Waals surface area contributed by atoms with E-state index >= 15 is 0 Å². The van der Waals surface area contributed by atoms with Crippen LogP contribution in [0.1, 0.15) is 32.0 Å². The van der Waals surface area contributed by atoms with Crippen LogP contribution in [0.3, 0.4) is 0 Å². The lowest BCUT2D eigenvalue weighted by Gasteiger charge is -2.26. The van der Waals surface area contributed by atoms with E-state index in [1.54, 1.807) is 0 Å². The van der Waals surface area contributed by atoms with Gasteiger partial charge in [-0.3, -0.25) is 0 Å². The molecule has 0 aliphatic carbocycles. The normalized spacial score (nSPS) is 25.4. The molecule has 1 aliphatic rings. The van der Waals surface area contributed by atoms with Crippen LogP contribution in [0.25, 0.3) is 0 Å². The molecule has 1 aromatic rings. The third kappa shape index (κ3) is 1.89. The molecule has 15 heavy (non-hydrogen) atoms. The van der Waals surface area contributed by atoms with Crippen LogP contribution in [0, 0.1) is 5.92 Å². The second kappa shape index (κ2) is 3.90. The van der Waals surface area contributed by atoms with Crippen LogP contribution in [0.15, 0.2) is 4.52 Å². The largest absolute Gasteiger partial charge is 0.381 e. The Hall–Kier alpha value is -0.940. The number of hydrogen-bond acceptors (Lipinski definition) is 5. The minimum Gasteiger partial charge on any atom is -0.381 e. The molecule has 0 spiro atoms. The summed E-state index contributed by atoms with van der Waals surface area (Å²) < 4.78 is 10.4. The fourth-order valence-electron chi connectivity index (χ4n) is 1.81. The third-order valence-corrected chi connectivity index (χ3v) is 3.03. The van der Waals surface area contributed by atoms with E-state index in [2.05, 4.69) is 10.1 Å². The second-order valence-electron chi connectivity index (χ2n) is 4.21. The molecule has 1 aromatic heterocycles. The molecule has 0 amide bonds. The highest BCUT2D eigenvalue weighted by Gasteiger charge is 2.38. The zero-order chi connectivity index (χ0) is 10.9. The number of aryl methyl sites for hydroxylation is 1. The summed E-state index contributed by atoms with van der Waals surface area (Å²) in [6, 6.07) is 0. The van der Waals surface area contributed by atoms with Crippen molar-refractivity contribution in [2.45, 2.75) is 32.2 Å². The van der Waals surface area contributed by atoms with Gasteiger partial charge in [0.1, 0.15) is 0 Å². The van der Waals surface area contributed by atoms with Gasteiger partial charge in [-0.2, -0.15) is 4.98 Å². The molecule has 2 rings (SSSR count). The molecule has 2 unspecified atom stereocenters. The van der Waals surface area contributed by atoms with Crippen molar-refractivity contribution in [3.8, 4) is 0 Å². The van der Waals surface area contributed by atoms with Crippen molar-refractivity contribution in [2.24, 2.45) is 11.7 Å². The van der Waals surface area contributed by atoms with Gasteiger partial charge in [0.25, 0.3) is 0 Å². The Bertz CT molecular complexity index is 329. The Morgan fingerprint density at radius 3 is 2.93 bits per heavy atom. The van der Waals surface area contributed by atoms with Crippen LogP contribution in [0.2, 0.25) is 0 Å². The topological polar surface area (TPSA) is 74.2 Å². The highest BCUT2D eigenvalue weighted by Crippen LogP contribution is 2.30. The first-order chi connectivity index (χ1) is 7.14. The summed E-state index contributed by atoms with van der Waals surface area (Å²) >= 11 is 0. The average molecular weight is 211 g/mol. The number of aromatic nitrogens is 2. The van der Waals surface area contributed by atoms with Gasteiger partial charge in [0.2, 0.25) is 5.89 Å². The van der Waals surface area contributed by atoms with Gasteiger partial charge in [-0.15, -0.1) is 0 Å². The lowest BCUT2D eigenvalue weighted by atomic mass is 9.85. The van der Waals surface area contributed by atoms with E-state index in [-0.39, 0.29) is 5.92 Å². The molecule has 84 valence electrons. The number of ether oxygens (including phenoxy) is 1. The molecular weight excluding hydrogens is 194 g/mol. The van der Waals surface area contributed by atoms with Gasteiger partial charge < -0.3 is 15.0 Å². The Balaban J connectivity index is 2.19. The summed E-state index contributed by atoms with van der Waals surface area (Å²) in [6.07, 6.45) is 1.70. The van der Waals surface area contributed by atoms with Gasteiger partial charge >= 0.3 is 0 Å². The number of nitrogens with zero attached hydrogens (tertiary/aromatic N) is 2. The van der Waals surface area contributed by atoms with Crippen molar-refractivity contribution in [1.82, 2.24) is 10.1 Å². The predicted molar refractivity (Wildman–Crippen MR) is 54.1 cm³/mol. The van der Waals surface area contributed by atoms with E-state index in [1.807, 2.05) is 13.8 Å². The summed E-state index contributed by atoms with van der Waals surface area (Å²) in [4.78, 5) is 4.29. The van der Waals surface area contributed by atoms with Crippen molar-refractivity contribution in [3.05, 3.63) is 11.7 Å². The van der Waals surface area contributed by atoms with E-state index in [4.69, 9.17) is 15.0 Å². The first-order valence-corrected chi connectivity index (χ1v) is 5.34. The van der Waals surface area contributed by atoms with E-state index in [0.29, 0.717) is 18.3 Å². The fraction of sp³-hybridized carbons (Fsp3) is 0.800. The molecule has 5 nitrogen and oxygen atoms in total. The van der Waals surface area contributed by atoms with Crippen molar-refractivity contribution in [2.75, 3.05) is 13.2 Å². The first-order valence-electron chi connectivity index (χ1n) is 5.34. The molecule has 2 N–H and O–H groups in total. The number of rotatable bonds is 3. The molecule has 0 saturated carbocycles. The minimum atomic E-state index is -0.548. The van der Waals surface area contributed by atoms with Crippen LogP contribution in [-0.4, -0.2) is 23.4 Å². The smallest absolute Gasteiger partial charge is 0.226 e. The van der Waals surface area contributed by atoms with Gasteiger partial charge in [0.05, 0.1) is 12.1 Å². The zero-order valence-corrected chi connectivity index (χ0v) is 9.19. The summed E-state index contributed by atoms with van der Waals surface area (Å²) in [5.74, 6) is 1.51. The molecule has 0 aromatic carbocycles. The summed E-state index contributed by atoms with van der Waals surface area (Å²) in [6.45, 7) is 5.37. The lowest BCUT2D eigenvalue weighted by molar-refractivity contribution is 0.163. The SMILES string of the molecule is CCc1nc(C(C)(N)C2CCOC2)no1. The summed E-state index contributed by atoms with van der Waals surface area (Å²) in [5, 5.41) is 3.94. The first kappa shape index (κ1) is 10.6. The van der Waals surface area contributed by atoms with Crippen molar-refractivity contribution in [3.63, 3.8) is 0 Å². The van der Waals surface area contributed by atoms with E-state index < -0.39 is 5.54 Å². The highest BCUT2D eigenvalue weighted by atomic mass is 16.5. The molecule has 1 fully saturated rings. The van der Waals surface area contributed by atoms with Gasteiger partial charge in [-0.1, -0.05) is 12.1 Å². The zero-order valence-electron chi connectivity index (χ0n) is 9.19. The minimum absolute atomic E-state index is 0.278. The van der Waals surface area contributed by atoms with Gasteiger partial charge in [0, 0.05) is 18.9 Å². The third-order valence-electron chi connectivity index (χ3n) is 3.03. The Kier molecular flexibility index (Phi) is 2.75. The maximum Gasteiger partial charge on any atom is 0.226 e. The van der Waals surface area contributed by atoms with Crippen LogP contribution in [0.4, 0.5) is 0 Å². The molecule has 1 saturated heterocycles. The van der Waals surface area contributed by atoms with Crippen molar-refractivity contribution < 1.29 is 9.26 Å². The van der Waals surface area contributed by atoms with Crippen molar-refractivity contribution in [1.29, 1.82) is 0 Å². The van der Waals surface area contributed by atoms with E-state index in [0.717, 1.165) is 19.4 Å². The van der Waals surface area contributed by atoms with E-state index in [1.165, 1.54) is 0 Å². The number of nitrogens with two attached hydrogens (primary N) is 1. The van der Waals surface area contributed by atoms with Crippen LogP contribution in [0.5, 0.6) is 0 Å². The molecule has 5 heteroatoms. The standard InChI is InChI=1S/C10H17N3O2/c1-3-8-12-9(13-15-8)10(2,11)7-4-5-14-6-7/h7H,3-6,11H2,1-2H3. The van der Waals surface area contributed by atoms with Crippen molar-refractivity contribution >= 4 is 0 Å². The van der Waals surface area contributed by atoms with Gasteiger partial charge in [-0.25, -0.2) is 0 Å². The molecule has 0 radical (unpaired) electrons. The lowest BCUT2D eigenvalue weighted by Crippen LogP contribution is -2.42. The maximum atomic E-state index is 6.25. The summed E-state index contributed by atoms with van der Waals surface area (Å²) in [5.41, 5.74) is 5.70. The highest BCUT2D eigenvalue weighted by molar-refractivity contribution is 5.05. The van der Waals surface area contributed by atoms with Gasteiger partial charge in [0.15, 0.2) is 5.82 Å². The molecular formula is C10H17N3O2. The van der Waals surface area contributed by atoms with Crippen LogP contribution < -0.4 is 5.73 Å². The second-order valence-corrected chi connectivity index (χ2v) is 4.21. The molecule has 1 aliphatic heterocycles. The van der Waals surface area contributed by atoms with Crippen LogP contribution in [-0.2, 0) is 16.7 Å². The van der Waals surface area contributed by atoms with E-state index in [9.17, 15) is 0 Å². The number of hydrogen-bond donors (Lipinski definition) is 1.